The summed E-state index contributed by atoms with van der Waals surface area (Å²) in [6, 6.07) is 6.51. The molecule has 0 bridgehead atoms. The van der Waals surface area contributed by atoms with Crippen LogP contribution < -0.4 is 0 Å². The molecule has 0 heterocycles. The standard InChI is InChI=1S/C15H22O/c1-4-12-7-8-15(2,3)14-6-5-11(10-16)9-13(12)14/h5-6,9,12,16H,4,7-8,10H2,1-3H3. The van der Waals surface area contributed by atoms with Gasteiger partial charge in [0.15, 0.2) is 0 Å². The first-order valence-electron chi connectivity index (χ1n) is 6.32. The second-order valence-corrected chi connectivity index (χ2v) is 5.61. The van der Waals surface area contributed by atoms with Gasteiger partial charge in [0.2, 0.25) is 0 Å². The molecule has 0 aliphatic heterocycles. The number of fused-ring (bicyclic) bond motifs is 1. The van der Waals surface area contributed by atoms with Crippen molar-refractivity contribution in [3.8, 4) is 0 Å². The van der Waals surface area contributed by atoms with Gasteiger partial charge in [0.25, 0.3) is 0 Å². The van der Waals surface area contributed by atoms with Gasteiger partial charge in [-0.15, -0.1) is 0 Å². The van der Waals surface area contributed by atoms with E-state index in [1.54, 1.807) is 0 Å². The largest absolute Gasteiger partial charge is 0.392 e. The molecule has 1 aromatic carbocycles. The lowest BCUT2D eigenvalue weighted by molar-refractivity contribution is 0.281. The van der Waals surface area contributed by atoms with Crippen molar-refractivity contribution >= 4 is 0 Å². The summed E-state index contributed by atoms with van der Waals surface area (Å²) in [5, 5.41) is 9.23. The zero-order valence-corrected chi connectivity index (χ0v) is 10.6. The Kier molecular flexibility index (Phi) is 3.07. The Morgan fingerprint density at radius 1 is 1.38 bits per heavy atom. The van der Waals surface area contributed by atoms with Crippen molar-refractivity contribution in [3.05, 3.63) is 34.9 Å². The van der Waals surface area contributed by atoms with Crippen molar-refractivity contribution in [3.63, 3.8) is 0 Å². The highest BCUT2D eigenvalue weighted by molar-refractivity contribution is 5.41. The maximum absolute atomic E-state index is 9.23. The minimum Gasteiger partial charge on any atom is -0.392 e. The zero-order valence-electron chi connectivity index (χ0n) is 10.6. The van der Waals surface area contributed by atoms with Crippen LogP contribution in [0.1, 0.15) is 62.6 Å². The number of aliphatic hydroxyl groups excluding tert-OH is 1. The summed E-state index contributed by atoms with van der Waals surface area (Å²) in [4.78, 5) is 0. The lowest BCUT2D eigenvalue weighted by atomic mass is 9.68. The Balaban J connectivity index is 2.50. The lowest BCUT2D eigenvalue weighted by Crippen LogP contribution is -2.26. The first-order valence-corrected chi connectivity index (χ1v) is 6.32. The third kappa shape index (κ3) is 1.89. The molecule has 0 spiro atoms. The smallest absolute Gasteiger partial charge is 0.0681 e. The third-order valence-corrected chi connectivity index (χ3v) is 4.08. The summed E-state index contributed by atoms with van der Waals surface area (Å²) in [5.41, 5.74) is 4.32. The van der Waals surface area contributed by atoms with Gasteiger partial charge in [0.05, 0.1) is 6.61 Å². The van der Waals surface area contributed by atoms with Crippen molar-refractivity contribution in [2.45, 2.75) is 58.0 Å². The molecule has 1 nitrogen and oxygen atoms in total. The molecule has 1 atom stereocenters. The summed E-state index contributed by atoms with van der Waals surface area (Å²) in [7, 11) is 0. The Hall–Kier alpha value is -0.820. The van der Waals surface area contributed by atoms with Crippen LogP contribution >= 0.6 is 0 Å². The summed E-state index contributed by atoms with van der Waals surface area (Å²) in [6.07, 6.45) is 3.76. The van der Waals surface area contributed by atoms with Gasteiger partial charge < -0.3 is 5.11 Å². The van der Waals surface area contributed by atoms with Crippen LogP contribution in [0.5, 0.6) is 0 Å². The minimum absolute atomic E-state index is 0.157. The fourth-order valence-electron chi connectivity index (χ4n) is 2.91. The Labute approximate surface area is 98.5 Å². The van der Waals surface area contributed by atoms with Crippen LogP contribution in [0.15, 0.2) is 18.2 Å². The number of hydrogen-bond donors (Lipinski definition) is 1. The van der Waals surface area contributed by atoms with Crippen LogP contribution in [0.3, 0.4) is 0 Å². The van der Waals surface area contributed by atoms with Crippen LogP contribution in [0, 0.1) is 0 Å². The van der Waals surface area contributed by atoms with Crippen LogP contribution in [-0.2, 0) is 12.0 Å². The van der Waals surface area contributed by atoms with E-state index in [1.807, 2.05) is 0 Å². The molecular weight excluding hydrogens is 196 g/mol. The van der Waals surface area contributed by atoms with Crippen molar-refractivity contribution < 1.29 is 5.11 Å². The Bertz CT molecular complexity index is 379. The second kappa shape index (κ2) is 4.21. The molecular formula is C15H22O. The highest BCUT2D eigenvalue weighted by Crippen LogP contribution is 2.43. The molecule has 1 aliphatic carbocycles. The number of hydrogen-bond acceptors (Lipinski definition) is 1. The van der Waals surface area contributed by atoms with Gasteiger partial charge in [0, 0.05) is 0 Å². The monoisotopic (exact) mass is 218 g/mol. The van der Waals surface area contributed by atoms with E-state index < -0.39 is 0 Å². The maximum Gasteiger partial charge on any atom is 0.0681 e. The summed E-state index contributed by atoms with van der Waals surface area (Å²) >= 11 is 0. The molecule has 16 heavy (non-hydrogen) atoms. The molecule has 1 aliphatic rings. The van der Waals surface area contributed by atoms with E-state index in [9.17, 15) is 5.11 Å². The number of rotatable bonds is 2. The van der Waals surface area contributed by atoms with E-state index in [0.29, 0.717) is 11.3 Å². The average Bonchev–Trinajstić information content (AvgIpc) is 2.28. The molecule has 88 valence electrons. The first kappa shape index (κ1) is 11.7. The van der Waals surface area contributed by atoms with E-state index in [-0.39, 0.29) is 6.61 Å². The predicted molar refractivity (Wildman–Crippen MR) is 67.7 cm³/mol. The van der Waals surface area contributed by atoms with E-state index in [4.69, 9.17) is 0 Å². The van der Waals surface area contributed by atoms with Crippen molar-refractivity contribution in [1.29, 1.82) is 0 Å². The molecule has 1 N–H and O–H groups in total. The average molecular weight is 218 g/mol. The fourth-order valence-corrected chi connectivity index (χ4v) is 2.91. The van der Waals surface area contributed by atoms with E-state index in [2.05, 4.69) is 39.0 Å². The topological polar surface area (TPSA) is 20.2 Å². The minimum atomic E-state index is 0.157. The van der Waals surface area contributed by atoms with Gasteiger partial charge in [0.1, 0.15) is 0 Å². The van der Waals surface area contributed by atoms with Crippen LogP contribution in [0.25, 0.3) is 0 Å². The van der Waals surface area contributed by atoms with Crippen molar-refractivity contribution in [2.75, 3.05) is 0 Å². The molecule has 1 aromatic rings. The highest BCUT2D eigenvalue weighted by atomic mass is 16.3. The van der Waals surface area contributed by atoms with Crippen LogP contribution in [-0.4, -0.2) is 5.11 Å². The third-order valence-electron chi connectivity index (χ3n) is 4.08. The summed E-state index contributed by atoms with van der Waals surface area (Å²) in [5.74, 6) is 0.689. The number of aliphatic hydroxyl groups is 1. The molecule has 0 saturated heterocycles. The summed E-state index contributed by atoms with van der Waals surface area (Å²) in [6.45, 7) is 7.08. The Morgan fingerprint density at radius 3 is 2.75 bits per heavy atom. The van der Waals surface area contributed by atoms with Crippen molar-refractivity contribution in [2.24, 2.45) is 0 Å². The second-order valence-electron chi connectivity index (χ2n) is 5.61. The predicted octanol–water partition coefficient (Wildman–Crippen LogP) is 3.74. The van der Waals surface area contributed by atoms with Gasteiger partial charge in [-0.2, -0.15) is 0 Å². The normalized spacial score (nSPS) is 22.9. The van der Waals surface area contributed by atoms with Crippen LogP contribution in [0.4, 0.5) is 0 Å². The van der Waals surface area contributed by atoms with Gasteiger partial charge in [-0.1, -0.05) is 39.0 Å². The van der Waals surface area contributed by atoms with Gasteiger partial charge in [-0.05, 0) is 47.3 Å². The quantitative estimate of drug-likeness (QED) is 0.801. The molecule has 1 unspecified atom stereocenters. The lowest BCUT2D eigenvalue weighted by Gasteiger charge is -2.37. The maximum atomic E-state index is 9.23. The van der Waals surface area contributed by atoms with Gasteiger partial charge in [-0.3, -0.25) is 0 Å². The van der Waals surface area contributed by atoms with E-state index in [1.165, 1.54) is 30.4 Å². The molecule has 2 rings (SSSR count). The van der Waals surface area contributed by atoms with E-state index >= 15 is 0 Å². The SMILES string of the molecule is CCC1CCC(C)(C)c2ccc(CO)cc21. The number of benzene rings is 1. The fraction of sp³-hybridized carbons (Fsp3) is 0.600. The molecule has 0 saturated carbocycles. The van der Waals surface area contributed by atoms with Gasteiger partial charge in [-0.25, -0.2) is 0 Å². The first-order chi connectivity index (χ1) is 7.58. The van der Waals surface area contributed by atoms with E-state index in [0.717, 1.165) is 5.56 Å². The van der Waals surface area contributed by atoms with Crippen molar-refractivity contribution in [1.82, 2.24) is 0 Å². The zero-order chi connectivity index (χ0) is 11.8. The molecule has 0 amide bonds. The summed E-state index contributed by atoms with van der Waals surface area (Å²) < 4.78 is 0. The molecule has 0 aromatic heterocycles. The highest BCUT2D eigenvalue weighted by Gasteiger charge is 2.31. The Morgan fingerprint density at radius 2 is 2.12 bits per heavy atom. The molecule has 1 heteroatoms. The molecule has 0 fully saturated rings. The van der Waals surface area contributed by atoms with Crippen LogP contribution in [0.2, 0.25) is 0 Å². The van der Waals surface area contributed by atoms with Gasteiger partial charge >= 0.3 is 0 Å². The molecule has 0 radical (unpaired) electrons.